The van der Waals surface area contributed by atoms with Gasteiger partial charge >= 0.3 is 0 Å². The highest BCUT2D eigenvalue weighted by Gasteiger charge is 2.28. The highest BCUT2D eigenvalue weighted by Crippen LogP contribution is 2.36. The molecule has 0 aliphatic carbocycles. The molecule has 1 fully saturated rings. The fourth-order valence-electron chi connectivity index (χ4n) is 4.02. The number of hydrogen-bond donors (Lipinski definition) is 1. The van der Waals surface area contributed by atoms with Crippen molar-refractivity contribution in [2.75, 3.05) is 26.0 Å². The molecule has 5 heteroatoms. The van der Waals surface area contributed by atoms with Gasteiger partial charge in [-0.3, -0.25) is 9.88 Å². The van der Waals surface area contributed by atoms with Crippen LogP contribution in [0.4, 0.5) is 5.82 Å². The van der Waals surface area contributed by atoms with Crippen LogP contribution in [0.5, 0.6) is 5.75 Å². The molecule has 2 aromatic carbocycles. The van der Waals surface area contributed by atoms with E-state index in [1.807, 2.05) is 25.4 Å². The second kappa shape index (κ2) is 8.40. The lowest BCUT2D eigenvalue weighted by Crippen LogP contribution is -2.24. The van der Waals surface area contributed by atoms with Crippen molar-refractivity contribution in [2.24, 2.45) is 0 Å². The highest BCUT2D eigenvalue weighted by atomic mass is 16.5. The Morgan fingerprint density at radius 2 is 1.86 bits per heavy atom. The number of methoxy groups -OCH3 is 1. The molecular weight excluding hydrogens is 348 g/mol. The van der Waals surface area contributed by atoms with E-state index in [-0.39, 0.29) is 0 Å². The van der Waals surface area contributed by atoms with E-state index in [4.69, 9.17) is 9.72 Å². The minimum atomic E-state index is 0.298. The lowest BCUT2D eigenvalue weighted by atomic mass is 9.98. The molecular formula is C23H26N4O. The van der Waals surface area contributed by atoms with Crippen molar-refractivity contribution in [1.29, 1.82) is 0 Å². The summed E-state index contributed by atoms with van der Waals surface area (Å²) < 4.78 is 5.60. The molecule has 0 amide bonds. The fraction of sp³-hybridized carbons (Fsp3) is 0.304. The Balaban J connectivity index is 1.64. The zero-order chi connectivity index (χ0) is 19.3. The molecule has 1 atom stereocenters. The van der Waals surface area contributed by atoms with E-state index in [0.29, 0.717) is 6.04 Å². The third kappa shape index (κ3) is 3.71. The van der Waals surface area contributed by atoms with Crippen molar-refractivity contribution in [3.8, 4) is 16.9 Å². The fourth-order valence-corrected chi connectivity index (χ4v) is 4.02. The summed E-state index contributed by atoms with van der Waals surface area (Å²) in [6.45, 7) is 1.95. The summed E-state index contributed by atoms with van der Waals surface area (Å²) in [6.07, 6.45) is 5.95. The maximum absolute atomic E-state index is 5.60. The molecule has 1 aliphatic rings. The van der Waals surface area contributed by atoms with E-state index in [2.05, 4.69) is 51.6 Å². The summed E-state index contributed by atoms with van der Waals surface area (Å²) in [5.41, 5.74) is 4.70. The standard InChI is InChI=1S/C23H26N4O/c1-24-23-15-25-14-20(26-23)21-11-7-13-27(21)16-17-8-3-4-9-18(17)19-10-5-6-12-22(19)28-2/h3-6,8-10,12,14-15,21H,7,11,13,16H2,1-2H3,(H,24,26)/t21-/m0/s1. The molecule has 1 N–H and O–H groups in total. The number of nitrogens with zero attached hydrogens (tertiary/aromatic N) is 3. The third-order valence-electron chi connectivity index (χ3n) is 5.40. The van der Waals surface area contributed by atoms with Crippen molar-refractivity contribution in [3.05, 3.63) is 72.2 Å². The Bertz CT molecular complexity index is 943. The second-order valence-corrected chi connectivity index (χ2v) is 7.07. The van der Waals surface area contributed by atoms with Crippen molar-refractivity contribution < 1.29 is 4.74 Å². The summed E-state index contributed by atoms with van der Waals surface area (Å²) in [7, 11) is 3.61. The lowest BCUT2D eigenvalue weighted by molar-refractivity contribution is 0.244. The number of ether oxygens (including phenoxy) is 1. The van der Waals surface area contributed by atoms with Crippen molar-refractivity contribution in [3.63, 3.8) is 0 Å². The first-order valence-corrected chi connectivity index (χ1v) is 9.75. The molecule has 4 rings (SSSR count). The molecule has 0 unspecified atom stereocenters. The van der Waals surface area contributed by atoms with Gasteiger partial charge in [-0.1, -0.05) is 42.5 Å². The van der Waals surface area contributed by atoms with Crippen LogP contribution < -0.4 is 10.1 Å². The Morgan fingerprint density at radius 3 is 2.68 bits per heavy atom. The van der Waals surface area contributed by atoms with Gasteiger partial charge in [0.05, 0.1) is 31.2 Å². The van der Waals surface area contributed by atoms with Gasteiger partial charge in [0.25, 0.3) is 0 Å². The Morgan fingerprint density at radius 1 is 1.07 bits per heavy atom. The third-order valence-corrected chi connectivity index (χ3v) is 5.40. The number of anilines is 1. The van der Waals surface area contributed by atoms with Crippen LogP contribution in [-0.2, 0) is 6.54 Å². The van der Waals surface area contributed by atoms with Crippen LogP contribution in [0.15, 0.2) is 60.9 Å². The average molecular weight is 374 g/mol. The predicted molar refractivity (Wildman–Crippen MR) is 112 cm³/mol. The van der Waals surface area contributed by atoms with Gasteiger partial charge in [-0.15, -0.1) is 0 Å². The summed E-state index contributed by atoms with van der Waals surface area (Å²) in [6, 6.07) is 17.1. The number of benzene rings is 2. The van der Waals surface area contributed by atoms with Crippen LogP contribution in [0.25, 0.3) is 11.1 Å². The largest absolute Gasteiger partial charge is 0.496 e. The van der Waals surface area contributed by atoms with Gasteiger partial charge < -0.3 is 10.1 Å². The van der Waals surface area contributed by atoms with E-state index in [9.17, 15) is 0 Å². The second-order valence-electron chi connectivity index (χ2n) is 7.07. The van der Waals surface area contributed by atoms with Gasteiger partial charge in [0.15, 0.2) is 0 Å². The van der Waals surface area contributed by atoms with Crippen LogP contribution in [0, 0.1) is 0 Å². The van der Waals surface area contributed by atoms with Gasteiger partial charge in [0, 0.05) is 19.2 Å². The first-order valence-electron chi connectivity index (χ1n) is 9.75. The van der Waals surface area contributed by atoms with Crippen LogP contribution >= 0.6 is 0 Å². The van der Waals surface area contributed by atoms with E-state index in [0.717, 1.165) is 42.3 Å². The summed E-state index contributed by atoms with van der Waals surface area (Å²) in [4.78, 5) is 11.6. The minimum absolute atomic E-state index is 0.298. The summed E-state index contributed by atoms with van der Waals surface area (Å²) in [5.74, 6) is 1.72. The highest BCUT2D eigenvalue weighted by molar-refractivity contribution is 5.73. The van der Waals surface area contributed by atoms with Gasteiger partial charge in [-0.05, 0) is 36.6 Å². The number of hydrogen-bond acceptors (Lipinski definition) is 5. The van der Waals surface area contributed by atoms with Crippen molar-refractivity contribution >= 4 is 5.82 Å². The molecule has 28 heavy (non-hydrogen) atoms. The number of rotatable bonds is 6. The topological polar surface area (TPSA) is 50.3 Å². The molecule has 0 spiro atoms. The monoisotopic (exact) mass is 374 g/mol. The molecule has 3 aromatic rings. The number of aromatic nitrogens is 2. The quantitative estimate of drug-likeness (QED) is 0.687. The summed E-state index contributed by atoms with van der Waals surface area (Å²) >= 11 is 0. The normalized spacial score (nSPS) is 16.9. The molecule has 0 bridgehead atoms. The van der Waals surface area contributed by atoms with Gasteiger partial charge in [0.2, 0.25) is 0 Å². The van der Waals surface area contributed by atoms with E-state index in [1.165, 1.54) is 17.5 Å². The van der Waals surface area contributed by atoms with E-state index < -0.39 is 0 Å². The van der Waals surface area contributed by atoms with Gasteiger partial charge in [-0.25, -0.2) is 4.98 Å². The maximum Gasteiger partial charge on any atom is 0.144 e. The smallest absolute Gasteiger partial charge is 0.144 e. The molecule has 1 aromatic heterocycles. The first kappa shape index (κ1) is 18.4. The van der Waals surface area contributed by atoms with Crippen LogP contribution in [-0.4, -0.2) is 35.6 Å². The number of likely N-dealkylation sites (tertiary alicyclic amines) is 1. The average Bonchev–Trinajstić information content (AvgIpc) is 3.22. The van der Waals surface area contributed by atoms with E-state index in [1.54, 1.807) is 13.3 Å². The molecule has 5 nitrogen and oxygen atoms in total. The molecule has 1 aliphatic heterocycles. The predicted octanol–water partition coefficient (Wildman–Crippen LogP) is 4.53. The molecule has 0 radical (unpaired) electrons. The van der Waals surface area contributed by atoms with Gasteiger partial charge in [-0.2, -0.15) is 0 Å². The zero-order valence-electron chi connectivity index (χ0n) is 16.4. The number of para-hydroxylation sites is 1. The molecule has 0 saturated carbocycles. The first-order chi connectivity index (χ1) is 13.8. The zero-order valence-corrected chi connectivity index (χ0v) is 16.4. The maximum atomic E-state index is 5.60. The van der Waals surface area contributed by atoms with Gasteiger partial charge in [0.1, 0.15) is 11.6 Å². The number of nitrogens with one attached hydrogen (secondary N) is 1. The Kier molecular flexibility index (Phi) is 5.53. The lowest BCUT2D eigenvalue weighted by Gasteiger charge is -2.25. The van der Waals surface area contributed by atoms with E-state index >= 15 is 0 Å². The molecule has 2 heterocycles. The molecule has 144 valence electrons. The summed E-state index contributed by atoms with van der Waals surface area (Å²) in [5, 5.41) is 3.09. The molecule has 1 saturated heterocycles. The van der Waals surface area contributed by atoms with Crippen molar-refractivity contribution in [2.45, 2.75) is 25.4 Å². The van der Waals surface area contributed by atoms with Crippen molar-refractivity contribution in [1.82, 2.24) is 14.9 Å². The Hall–Kier alpha value is -2.92. The van der Waals surface area contributed by atoms with Crippen LogP contribution in [0.1, 0.15) is 30.1 Å². The SMILES string of the molecule is CNc1cncc([C@@H]2CCCN2Cc2ccccc2-c2ccccc2OC)n1. The Labute approximate surface area is 166 Å². The van der Waals surface area contributed by atoms with Crippen LogP contribution in [0.3, 0.4) is 0 Å². The minimum Gasteiger partial charge on any atom is -0.496 e. The van der Waals surface area contributed by atoms with Crippen LogP contribution in [0.2, 0.25) is 0 Å².